The fourth-order valence-electron chi connectivity index (χ4n) is 3.88. The van der Waals surface area contributed by atoms with Crippen LogP contribution in [-0.2, 0) is 18.9 Å². The highest BCUT2D eigenvalue weighted by molar-refractivity contribution is 4.91. The molecule has 164 valence electrons. The number of ether oxygens (including phenoxy) is 4. The van der Waals surface area contributed by atoms with Crippen molar-refractivity contribution in [3.05, 3.63) is 0 Å². The summed E-state index contributed by atoms with van der Waals surface area (Å²) < 4.78 is 24.6. The molecule has 1 unspecified atom stereocenters. The van der Waals surface area contributed by atoms with Gasteiger partial charge in [-0.2, -0.15) is 0 Å². The summed E-state index contributed by atoms with van der Waals surface area (Å²) in [6.07, 6.45) is 14.1. The van der Waals surface area contributed by atoms with Crippen LogP contribution in [0.15, 0.2) is 0 Å². The van der Waals surface area contributed by atoms with E-state index >= 15 is 0 Å². The molecule has 1 atom stereocenters. The molecule has 0 aliphatic carbocycles. The minimum Gasteiger partial charge on any atom is -0.370 e. The summed E-state index contributed by atoms with van der Waals surface area (Å²) in [6, 6.07) is 0. The van der Waals surface area contributed by atoms with Crippen LogP contribution < -0.4 is 0 Å². The number of unbranched alkanes of at least 4 members (excludes halogenated alkanes) is 8. The van der Waals surface area contributed by atoms with Crippen LogP contribution in [-0.4, -0.2) is 38.5 Å². The predicted octanol–water partition coefficient (Wildman–Crippen LogP) is 6.86. The zero-order valence-electron chi connectivity index (χ0n) is 19.2. The Hall–Kier alpha value is -0.160. The van der Waals surface area contributed by atoms with Gasteiger partial charge in [-0.15, -0.1) is 0 Å². The van der Waals surface area contributed by atoms with Crippen molar-refractivity contribution in [1.82, 2.24) is 0 Å². The molecule has 0 saturated heterocycles. The van der Waals surface area contributed by atoms with Crippen molar-refractivity contribution in [2.45, 2.75) is 123 Å². The van der Waals surface area contributed by atoms with Crippen LogP contribution in [0.5, 0.6) is 0 Å². The van der Waals surface area contributed by atoms with E-state index in [4.69, 9.17) is 18.9 Å². The van der Waals surface area contributed by atoms with Crippen LogP contribution >= 0.6 is 0 Å². The number of hydrogen-bond acceptors (Lipinski definition) is 4. The van der Waals surface area contributed by atoms with Gasteiger partial charge in [-0.1, -0.05) is 78.1 Å². The van der Waals surface area contributed by atoms with Crippen LogP contribution in [0.1, 0.15) is 112 Å². The van der Waals surface area contributed by atoms with E-state index in [0.717, 1.165) is 25.7 Å². The number of hydrogen-bond donors (Lipinski definition) is 0. The topological polar surface area (TPSA) is 36.9 Å². The molecule has 0 fully saturated rings. The minimum absolute atomic E-state index is 0.538. The van der Waals surface area contributed by atoms with Crippen molar-refractivity contribution in [3.8, 4) is 0 Å². The maximum absolute atomic E-state index is 6.19. The van der Waals surface area contributed by atoms with Crippen molar-refractivity contribution < 1.29 is 18.9 Å². The molecular weight excluding hydrogens is 340 g/mol. The fraction of sp³-hybridized carbons (Fsp3) is 1.00. The maximum Gasteiger partial charge on any atom is 0.313 e. The average Bonchev–Trinajstić information content (AvgIpc) is 2.67. The normalized spacial score (nSPS) is 14.4. The molecule has 0 radical (unpaired) electrons. The second-order valence-electron chi connectivity index (χ2n) is 7.38. The summed E-state index contributed by atoms with van der Waals surface area (Å²) in [5.74, 6) is -1.12. The molecule has 0 aromatic carbocycles. The third-order valence-corrected chi connectivity index (χ3v) is 5.32. The van der Waals surface area contributed by atoms with Gasteiger partial charge in [0, 0.05) is 26.9 Å². The van der Waals surface area contributed by atoms with Gasteiger partial charge in [0.15, 0.2) is 0 Å². The average molecular weight is 389 g/mol. The second kappa shape index (κ2) is 16.8. The summed E-state index contributed by atoms with van der Waals surface area (Å²) in [4.78, 5) is 0. The molecule has 0 rings (SSSR count). The van der Waals surface area contributed by atoms with Crippen LogP contribution in [0.4, 0.5) is 0 Å². The lowest BCUT2D eigenvalue weighted by molar-refractivity contribution is -0.444. The first-order chi connectivity index (χ1) is 13.1. The lowest BCUT2D eigenvalue weighted by Crippen LogP contribution is -2.61. The molecule has 4 heteroatoms. The van der Waals surface area contributed by atoms with Crippen LogP contribution in [0.2, 0.25) is 0 Å². The van der Waals surface area contributed by atoms with E-state index in [0.29, 0.717) is 19.8 Å². The molecule has 0 aromatic rings. The highest BCUT2D eigenvalue weighted by Gasteiger charge is 2.55. The first-order valence-electron chi connectivity index (χ1n) is 11.6. The smallest absolute Gasteiger partial charge is 0.313 e. The molecule has 0 bridgehead atoms. The van der Waals surface area contributed by atoms with Crippen molar-refractivity contribution in [2.24, 2.45) is 0 Å². The SMILES string of the molecule is CCCCCCCCC(CCCCCC)(OC)C(OCC)(OCC)OCC. The third-order valence-electron chi connectivity index (χ3n) is 5.32. The molecule has 0 aromatic heterocycles. The summed E-state index contributed by atoms with van der Waals surface area (Å²) in [5, 5.41) is 0. The van der Waals surface area contributed by atoms with Gasteiger partial charge in [-0.05, 0) is 33.6 Å². The zero-order chi connectivity index (χ0) is 20.4. The van der Waals surface area contributed by atoms with E-state index in [-0.39, 0.29) is 0 Å². The summed E-state index contributed by atoms with van der Waals surface area (Å²) >= 11 is 0. The Morgan fingerprint density at radius 3 is 1.26 bits per heavy atom. The van der Waals surface area contributed by atoms with E-state index in [9.17, 15) is 0 Å². The van der Waals surface area contributed by atoms with E-state index in [1.807, 2.05) is 20.8 Å². The van der Waals surface area contributed by atoms with Gasteiger partial charge < -0.3 is 18.9 Å². The molecule has 4 nitrogen and oxygen atoms in total. The Kier molecular flexibility index (Phi) is 16.7. The Morgan fingerprint density at radius 2 is 0.889 bits per heavy atom. The summed E-state index contributed by atoms with van der Waals surface area (Å²) in [6.45, 7) is 12.1. The molecule has 27 heavy (non-hydrogen) atoms. The van der Waals surface area contributed by atoms with Crippen LogP contribution in [0.25, 0.3) is 0 Å². The van der Waals surface area contributed by atoms with Gasteiger partial charge in [0.05, 0.1) is 0 Å². The van der Waals surface area contributed by atoms with Crippen molar-refractivity contribution in [3.63, 3.8) is 0 Å². The van der Waals surface area contributed by atoms with Crippen LogP contribution in [0, 0.1) is 0 Å². The van der Waals surface area contributed by atoms with Gasteiger partial charge in [-0.3, -0.25) is 0 Å². The highest BCUT2D eigenvalue weighted by Crippen LogP contribution is 2.41. The standard InChI is InChI=1S/C23H48O4/c1-7-12-14-16-17-19-21-22(24-6,20-18-15-13-8-2)23(25-9-3,26-10-4)27-11-5/h7-21H2,1-6H3. The zero-order valence-corrected chi connectivity index (χ0v) is 19.2. The largest absolute Gasteiger partial charge is 0.370 e. The second-order valence-corrected chi connectivity index (χ2v) is 7.38. The first-order valence-corrected chi connectivity index (χ1v) is 11.6. The molecule has 0 spiro atoms. The molecule has 0 aliphatic rings. The van der Waals surface area contributed by atoms with Crippen LogP contribution in [0.3, 0.4) is 0 Å². The van der Waals surface area contributed by atoms with Gasteiger partial charge in [0.1, 0.15) is 5.60 Å². The van der Waals surface area contributed by atoms with E-state index in [1.165, 1.54) is 51.4 Å². The van der Waals surface area contributed by atoms with Gasteiger partial charge >= 0.3 is 5.97 Å². The number of rotatable bonds is 20. The minimum atomic E-state index is -1.12. The monoisotopic (exact) mass is 388 g/mol. The maximum atomic E-state index is 6.19. The first kappa shape index (κ1) is 26.8. The molecule has 0 aliphatic heterocycles. The fourth-order valence-corrected chi connectivity index (χ4v) is 3.88. The number of methoxy groups -OCH3 is 1. The lowest BCUT2D eigenvalue weighted by atomic mass is 9.86. The predicted molar refractivity (Wildman–Crippen MR) is 114 cm³/mol. The Morgan fingerprint density at radius 1 is 0.519 bits per heavy atom. The van der Waals surface area contributed by atoms with Gasteiger partial charge in [0.25, 0.3) is 0 Å². The van der Waals surface area contributed by atoms with Crippen molar-refractivity contribution in [2.75, 3.05) is 26.9 Å². The van der Waals surface area contributed by atoms with E-state index < -0.39 is 11.6 Å². The molecule has 0 N–H and O–H groups in total. The highest BCUT2D eigenvalue weighted by atomic mass is 16.9. The Bertz CT molecular complexity index is 304. The molecule has 0 heterocycles. The lowest BCUT2D eigenvalue weighted by Gasteiger charge is -2.47. The van der Waals surface area contributed by atoms with Gasteiger partial charge in [0.2, 0.25) is 0 Å². The Labute approximate surface area is 169 Å². The Balaban J connectivity index is 5.31. The van der Waals surface area contributed by atoms with E-state index in [2.05, 4.69) is 13.8 Å². The van der Waals surface area contributed by atoms with E-state index in [1.54, 1.807) is 7.11 Å². The molecule has 0 amide bonds. The molecule has 0 saturated carbocycles. The summed E-state index contributed by atoms with van der Waals surface area (Å²) in [7, 11) is 1.79. The summed E-state index contributed by atoms with van der Waals surface area (Å²) in [5.41, 5.74) is -0.562. The van der Waals surface area contributed by atoms with Crippen molar-refractivity contribution in [1.29, 1.82) is 0 Å². The van der Waals surface area contributed by atoms with Crippen molar-refractivity contribution >= 4 is 0 Å². The quantitative estimate of drug-likeness (QED) is 0.169. The third kappa shape index (κ3) is 9.25. The van der Waals surface area contributed by atoms with Gasteiger partial charge in [-0.25, -0.2) is 0 Å². The molecular formula is C23H48O4.